The number of benzene rings is 1. The summed E-state index contributed by atoms with van der Waals surface area (Å²) in [5.41, 5.74) is 5.89. The molecule has 0 atom stereocenters. The van der Waals surface area contributed by atoms with E-state index in [4.69, 9.17) is 15.0 Å². The molecular weight excluding hydrogens is 402 g/mol. The fourth-order valence-electron chi connectivity index (χ4n) is 3.14. The minimum Gasteiger partial charge on any atom is -0.383 e. The van der Waals surface area contributed by atoms with Gasteiger partial charge < -0.3 is 15.0 Å². The van der Waals surface area contributed by atoms with E-state index in [0.717, 1.165) is 10.5 Å². The molecule has 3 rings (SSSR count). The van der Waals surface area contributed by atoms with Crippen LogP contribution in [-0.4, -0.2) is 40.9 Å². The smallest absolute Gasteiger partial charge is 0.330 e. The number of aromatic nitrogens is 3. The van der Waals surface area contributed by atoms with Crippen molar-refractivity contribution < 1.29 is 14.1 Å². The molecule has 1 aromatic carbocycles. The molecule has 2 heterocycles. The highest BCUT2D eigenvalue weighted by molar-refractivity contribution is 6.05. The maximum Gasteiger partial charge on any atom is 0.330 e. The molecule has 10 heteroatoms. The number of aromatic amines is 1. The van der Waals surface area contributed by atoms with Crippen LogP contribution in [0.3, 0.4) is 0 Å². The molecule has 0 unspecified atom stereocenters. The lowest BCUT2D eigenvalue weighted by Crippen LogP contribution is -2.42. The molecule has 164 valence electrons. The number of rotatable bonds is 8. The Balaban J connectivity index is 2.05. The van der Waals surface area contributed by atoms with E-state index in [-0.39, 0.29) is 42.9 Å². The van der Waals surface area contributed by atoms with E-state index in [0.29, 0.717) is 5.69 Å². The van der Waals surface area contributed by atoms with Crippen LogP contribution in [0.15, 0.2) is 50.5 Å². The number of nitrogens with zero attached hydrogens (tertiary/aromatic N) is 3. The number of nitrogen functional groups attached to an aromatic ring is 1. The van der Waals surface area contributed by atoms with Crippen LogP contribution in [0.4, 0.5) is 11.5 Å². The summed E-state index contributed by atoms with van der Waals surface area (Å²) in [6.07, 6.45) is 0. The van der Waals surface area contributed by atoms with Crippen molar-refractivity contribution in [3.05, 3.63) is 63.0 Å². The Kier molecular flexibility index (Phi) is 6.71. The van der Waals surface area contributed by atoms with Crippen molar-refractivity contribution in [2.45, 2.75) is 20.4 Å². The lowest BCUT2D eigenvalue weighted by atomic mass is 10.1. The number of hydrogen-bond donors (Lipinski definition) is 2. The average molecular weight is 427 g/mol. The third kappa shape index (κ3) is 4.75. The predicted molar refractivity (Wildman–Crippen MR) is 116 cm³/mol. The summed E-state index contributed by atoms with van der Waals surface area (Å²) in [5, 5.41) is 3.95. The number of ether oxygens (including phenoxy) is 1. The summed E-state index contributed by atoms with van der Waals surface area (Å²) < 4.78 is 11.6. The van der Waals surface area contributed by atoms with Crippen LogP contribution in [0, 0.1) is 5.92 Å². The third-order valence-electron chi connectivity index (χ3n) is 4.59. The molecule has 0 radical (unpaired) electrons. The first-order valence-electron chi connectivity index (χ1n) is 9.79. The van der Waals surface area contributed by atoms with Crippen molar-refractivity contribution in [3.63, 3.8) is 0 Å². The number of hydrogen-bond acceptors (Lipinski definition) is 7. The van der Waals surface area contributed by atoms with E-state index < -0.39 is 17.2 Å². The Labute approximate surface area is 178 Å². The second-order valence-corrected chi connectivity index (χ2v) is 7.39. The van der Waals surface area contributed by atoms with Gasteiger partial charge in [-0.05, 0) is 5.92 Å². The monoisotopic (exact) mass is 427 g/mol. The van der Waals surface area contributed by atoms with Crippen molar-refractivity contribution in [2.75, 3.05) is 30.9 Å². The Morgan fingerprint density at radius 3 is 2.65 bits per heavy atom. The summed E-state index contributed by atoms with van der Waals surface area (Å²) in [4.78, 5) is 41.5. The van der Waals surface area contributed by atoms with Gasteiger partial charge in [-0.2, -0.15) is 0 Å². The third-order valence-corrected chi connectivity index (χ3v) is 4.59. The Bertz CT molecular complexity index is 1160. The molecule has 3 N–H and O–H groups in total. The van der Waals surface area contributed by atoms with Gasteiger partial charge in [-0.25, -0.2) is 4.79 Å². The van der Waals surface area contributed by atoms with E-state index in [1.165, 1.54) is 17.7 Å². The van der Waals surface area contributed by atoms with Crippen LogP contribution >= 0.6 is 0 Å². The molecule has 31 heavy (non-hydrogen) atoms. The molecule has 0 saturated heterocycles. The maximum absolute atomic E-state index is 13.3. The number of carbonyl (C=O) groups is 1. The average Bonchev–Trinajstić information content (AvgIpc) is 3.23. The highest BCUT2D eigenvalue weighted by Crippen LogP contribution is 2.23. The molecule has 10 nitrogen and oxygen atoms in total. The summed E-state index contributed by atoms with van der Waals surface area (Å²) in [7, 11) is 1.47. The van der Waals surface area contributed by atoms with Gasteiger partial charge in [-0.3, -0.25) is 24.0 Å². The van der Waals surface area contributed by atoms with Gasteiger partial charge in [0.1, 0.15) is 11.5 Å². The zero-order valence-electron chi connectivity index (χ0n) is 17.6. The number of anilines is 2. The summed E-state index contributed by atoms with van der Waals surface area (Å²) in [6, 6.07) is 10.7. The number of carbonyl (C=O) groups excluding carboxylic acids is 1. The van der Waals surface area contributed by atoms with Crippen molar-refractivity contribution in [1.29, 1.82) is 0 Å². The van der Waals surface area contributed by atoms with Gasteiger partial charge >= 0.3 is 5.69 Å². The Morgan fingerprint density at radius 1 is 1.29 bits per heavy atom. The molecule has 0 aliphatic carbocycles. The molecule has 0 saturated carbocycles. The SMILES string of the molecule is COCCN(C(=O)c1cc(-c2ccccc2)no1)c1c(N)n(CC(C)C)c(=O)[nH]c1=O. The summed E-state index contributed by atoms with van der Waals surface area (Å²) in [6.45, 7) is 4.24. The van der Waals surface area contributed by atoms with Crippen molar-refractivity contribution >= 4 is 17.4 Å². The Morgan fingerprint density at radius 2 is 2.00 bits per heavy atom. The predicted octanol–water partition coefficient (Wildman–Crippen LogP) is 1.72. The molecule has 0 spiro atoms. The van der Waals surface area contributed by atoms with Crippen LogP contribution < -0.4 is 21.9 Å². The molecule has 3 aromatic rings. The molecule has 0 bridgehead atoms. The van der Waals surface area contributed by atoms with E-state index >= 15 is 0 Å². The topological polar surface area (TPSA) is 136 Å². The number of methoxy groups -OCH3 is 1. The first-order chi connectivity index (χ1) is 14.8. The van der Waals surface area contributed by atoms with E-state index in [2.05, 4.69) is 10.1 Å². The highest BCUT2D eigenvalue weighted by Gasteiger charge is 2.28. The largest absolute Gasteiger partial charge is 0.383 e. The molecule has 0 fully saturated rings. The van der Waals surface area contributed by atoms with Crippen LogP contribution in [0.1, 0.15) is 24.4 Å². The van der Waals surface area contributed by atoms with Gasteiger partial charge in [-0.1, -0.05) is 49.3 Å². The number of nitrogens with one attached hydrogen (secondary N) is 1. The van der Waals surface area contributed by atoms with Crippen LogP contribution in [0.25, 0.3) is 11.3 Å². The number of nitrogens with two attached hydrogens (primary N) is 1. The van der Waals surface area contributed by atoms with Crippen LogP contribution in [-0.2, 0) is 11.3 Å². The summed E-state index contributed by atoms with van der Waals surface area (Å²) in [5.74, 6) is -0.715. The van der Waals surface area contributed by atoms with Crippen LogP contribution in [0.5, 0.6) is 0 Å². The lowest BCUT2D eigenvalue weighted by molar-refractivity contribution is 0.0940. The van der Waals surface area contributed by atoms with Gasteiger partial charge in [0.15, 0.2) is 5.69 Å². The zero-order valence-corrected chi connectivity index (χ0v) is 17.6. The van der Waals surface area contributed by atoms with Gasteiger partial charge in [0.2, 0.25) is 5.76 Å². The molecular formula is C21H25N5O5. The molecule has 0 aliphatic heterocycles. The van der Waals surface area contributed by atoms with E-state index in [9.17, 15) is 14.4 Å². The van der Waals surface area contributed by atoms with E-state index in [1.807, 2.05) is 44.2 Å². The molecule has 2 aromatic heterocycles. The number of amides is 1. The maximum atomic E-state index is 13.3. The van der Waals surface area contributed by atoms with Gasteiger partial charge in [-0.15, -0.1) is 0 Å². The standard InChI is InChI=1S/C21H25N5O5/c1-13(2)12-26-18(22)17(19(27)23-21(26)29)25(9-10-30-3)20(28)16-11-15(24-31-16)14-7-5-4-6-8-14/h4-8,11,13H,9-10,12,22H2,1-3H3,(H,23,27,29). The first-order valence-corrected chi connectivity index (χ1v) is 9.79. The fraction of sp³-hybridized carbons (Fsp3) is 0.333. The Hall–Kier alpha value is -3.66. The first kappa shape index (κ1) is 22.0. The van der Waals surface area contributed by atoms with E-state index in [1.54, 1.807) is 0 Å². The quantitative estimate of drug-likeness (QED) is 0.558. The highest BCUT2D eigenvalue weighted by atomic mass is 16.5. The zero-order chi connectivity index (χ0) is 22.5. The van der Waals surface area contributed by atoms with Crippen LogP contribution in [0.2, 0.25) is 0 Å². The van der Waals surface area contributed by atoms with Gasteiger partial charge in [0, 0.05) is 25.3 Å². The lowest BCUT2D eigenvalue weighted by Gasteiger charge is -2.23. The second-order valence-electron chi connectivity index (χ2n) is 7.39. The minimum absolute atomic E-state index is 0.0177. The fourth-order valence-corrected chi connectivity index (χ4v) is 3.14. The van der Waals surface area contributed by atoms with Gasteiger partial charge in [0.05, 0.1) is 13.2 Å². The molecule has 0 aliphatic rings. The van der Waals surface area contributed by atoms with Crippen molar-refractivity contribution in [1.82, 2.24) is 14.7 Å². The second kappa shape index (κ2) is 9.43. The molecule has 1 amide bonds. The minimum atomic E-state index is -0.769. The van der Waals surface area contributed by atoms with Gasteiger partial charge in [0.25, 0.3) is 11.5 Å². The van der Waals surface area contributed by atoms with Crippen molar-refractivity contribution in [3.8, 4) is 11.3 Å². The van der Waals surface area contributed by atoms with Crippen molar-refractivity contribution in [2.24, 2.45) is 5.92 Å². The summed E-state index contributed by atoms with van der Waals surface area (Å²) >= 11 is 0. The number of H-pyrrole nitrogens is 1. The normalized spacial score (nSPS) is 11.1.